The number of hydrogen-bond donors (Lipinski definition) is 3. The predicted molar refractivity (Wildman–Crippen MR) is 66.3 cm³/mol. The largest absolute Gasteiger partial charge is 0.478 e. The fourth-order valence-corrected chi connectivity index (χ4v) is 2.11. The lowest BCUT2D eigenvalue weighted by atomic mass is 10.0. The Labute approximate surface area is 112 Å². The van der Waals surface area contributed by atoms with E-state index in [9.17, 15) is 9.59 Å². The third-order valence-electron chi connectivity index (χ3n) is 2.99. The molecule has 1 aliphatic rings. The van der Waals surface area contributed by atoms with Crippen molar-refractivity contribution in [3.8, 4) is 22.6 Å². The minimum atomic E-state index is -1.23. The second-order valence-corrected chi connectivity index (χ2v) is 4.13. The Hall–Kier alpha value is -2.96. The van der Waals surface area contributed by atoms with Gasteiger partial charge in [0.25, 0.3) is 0 Å². The van der Waals surface area contributed by atoms with E-state index in [0.29, 0.717) is 17.1 Å². The van der Waals surface area contributed by atoms with E-state index >= 15 is 0 Å². The number of benzene rings is 1. The Morgan fingerprint density at radius 1 is 1.10 bits per heavy atom. The van der Waals surface area contributed by atoms with Crippen molar-refractivity contribution in [1.82, 2.24) is 4.98 Å². The molecule has 0 saturated carbocycles. The summed E-state index contributed by atoms with van der Waals surface area (Å²) in [6.07, 6.45) is 1.16. The van der Waals surface area contributed by atoms with E-state index in [1.807, 2.05) is 0 Å². The Morgan fingerprint density at radius 3 is 2.55 bits per heavy atom. The number of carbonyl (C=O) groups is 2. The molecule has 0 aliphatic carbocycles. The zero-order valence-corrected chi connectivity index (χ0v) is 10.0. The van der Waals surface area contributed by atoms with Crippen LogP contribution in [0.15, 0.2) is 24.4 Å². The molecule has 3 rings (SSSR count). The van der Waals surface area contributed by atoms with E-state index < -0.39 is 11.9 Å². The van der Waals surface area contributed by atoms with E-state index in [1.165, 1.54) is 0 Å². The number of hydrogen-bond acceptors (Lipinski definition) is 4. The van der Waals surface area contributed by atoms with Crippen molar-refractivity contribution in [2.45, 2.75) is 0 Å². The molecule has 0 fully saturated rings. The number of ether oxygens (including phenoxy) is 2. The number of aromatic amines is 1. The van der Waals surface area contributed by atoms with Crippen molar-refractivity contribution in [3.63, 3.8) is 0 Å². The summed E-state index contributed by atoms with van der Waals surface area (Å²) in [5.41, 5.74) is 0.260. The molecule has 0 amide bonds. The second kappa shape index (κ2) is 4.30. The summed E-state index contributed by atoms with van der Waals surface area (Å²) in [6, 6.07) is 4.77. The second-order valence-electron chi connectivity index (χ2n) is 4.13. The van der Waals surface area contributed by atoms with Gasteiger partial charge in [-0.2, -0.15) is 0 Å². The van der Waals surface area contributed by atoms with E-state index in [0.717, 1.165) is 6.20 Å². The number of nitrogens with one attached hydrogen (secondary N) is 1. The fraction of sp³-hybridized carbons (Fsp3) is 0.0769. The maximum atomic E-state index is 11.2. The van der Waals surface area contributed by atoms with Crippen molar-refractivity contribution >= 4 is 11.9 Å². The number of aromatic nitrogens is 1. The first kappa shape index (κ1) is 12.1. The molecule has 1 aromatic heterocycles. The minimum absolute atomic E-state index is 0.0868. The first-order valence-corrected chi connectivity index (χ1v) is 5.66. The topological polar surface area (TPSA) is 109 Å². The molecule has 0 spiro atoms. The Morgan fingerprint density at radius 2 is 1.85 bits per heavy atom. The molecule has 0 unspecified atom stereocenters. The van der Waals surface area contributed by atoms with Crippen LogP contribution in [0.4, 0.5) is 0 Å². The predicted octanol–water partition coefficient (Wildman–Crippen LogP) is 1.81. The molecule has 2 heterocycles. The highest BCUT2D eigenvalue weighted by Crippen LogP contribution is 2.38. The van der Waals surface area contributed by atoms with Crippen LogP contribution >= 0.6 is 0 Å². The summed E-state index contributed by atoms with van der Waals surface area (Å²) in [5.74, 6) is -1.44. The van der Waals surface area contributed by atoms with Crippen LogP contribution in [-0.2, 0) is 0 Å². The zero-order chi connectivity index (χ0) is 14.3. The van der Waals surface area contributed by atoms with Gasteiger partial charge in [0, 0.05) is 11.8 Å². The Bertz CT molecular complexity index is 686. The van der Waals surface area contributed by atoms with Gasteiger partial charge in [-0.3, -0.25) is 0 Å². The normalized spacial score (nSPS) is 12.4. The van der Waals surface area contributed by atoms with Crippen LogP contribution in [0.25, 0.3) is 11.1 Å². The average molecular weight is 275 g/mol. The minimum Gasteiger partial charge on any atom is -0.478 e. The molecule has 0 atom stereocenters. The molecule has 1 aromatic carbocycles. The number of H-pyrrole nitrogens is 1. The van der Waals surface area contributed by atoms with Gasteiger partial charge in [0.2, 0.25) is 6.79 Å². The summed E-state index contributed by atoms with van der Waals surface area (Å²) in [6.45, 7) is 0.0868. The van der Waals surface area contributed by atoms with Gasteiger partial charge in [0.05, 0.1) is 5.56 Å². The molecule has 0 bridgehead atoms. The van der Waals surface area contributed by atoms with Gasteiger partial charge in [0.1, 0.15) is 5.69 Å². The molecule has 0 radical (unpaired) electrons. The van der Waals surface area contributed by atoms with Gasteiger partial charge in [-0.25, -0.2) is 9.59 Å². The lowest BCUT2D eigenvalue weighted by Crippen LogP contribution is -2.02. The van der Waals surface area contributed by atoms with Gasteiger partial charge >= 0.3 is 11.9 Å². The van der Waals surface area contributed by atoms with Crippen LogP contribution in [0, 0.1) is 0 Å². The Balaban J connectivity index is 2.20. The molecular formula is C13H9NO6. The van der Waals surface area contributed by atoms with Gasteiger partial charge < -0.3 is 24.7 Å². The van der Waals surface area contributed by atoms with Crippen LogP contribution in [-0.4, -0.2) is 33.9 Å². The molecule has 20 heavy (non-hydrogen) atoms. The lowest BCUT2D eigenvalue weighted by molar-refractivity contribution is 0.0688. The van der Waals surface area contributed by atoms with E-state index in [1.54, 1.807) is 18.2 Å². The number of rotatable bonds is 3. The first-order chi connectivity index (χ1) is 9.58. The van der Waals surface area contributed by atoms with Crippen LogP contribution < -0.4 is 9.47 Å². The molecule has 0 saturated heterocycles. The standard InChI is InChI=1S/C13H9NO6/c15-12(16)7-4-14-11(13(17)18)10(7)6-1-2-8-9(3-6)20-5-19-8/h1-4,14H,5H2,(H,15,16)(H,17,18). The van der Waals surface area contributed by atoms with E-state index in [4.69, 9.17) is 19.7 Å². The highest BCUT2D eigenvalue weighted by molar-refractivity contribution is 6.04. The summed E-state index contributed by atoms with van der Waals surface area (Å²) < 4.78 is 10.4. The number of fused-ring (bicyclic) bond motifs is 1. The number of aromatic carboxylic acids is 2. The smallest absolute Gasteiger partial charge is 0.352 e. The molecular weight excluding hydrogens is 266 g/mol. The summed E-state index contributed by atoms with van der Waals surface area (Å²) >= 11 is 0. The molecule has 2 aromatic rings. The third kappa shape index (κ3) is 1.76. The summed E-state index contributed by atoms with van der Waals surface area (Å²) in [7, 11) is 0. The van der Waals surface area contributed by atoms with Crippen LogP contribution in [0.5, 0.6) is 11.5 Å². The quantitative estimate of drug-likeness (QED) is 0.788. The maximum Gasteiger partial charge on any atom is 0.352 e. The van der Waals surface area contributed by atoms with E-state index in [-0.39, 0.29) is 23.6 Å². The fourth-order valence-electron chi connectivity index (χ4n) is 2.11. The molecule has 3 N–H and O–H groups in total. The van der Waals surface area contributed by atoms with Gasteiger partial charge in [-0.1, -0.05) is 6.07 Å². The summed E-state index contributed by atoms with van der Waals surface area (Å²) in [4.78, 5) is 24.8. The monoisotopic (exact) mass is 275 g/mol. The van der Waals surface area contributed by atoms with Crippen LogP contribution in [0.2, 0.25) is 0 Å². The van der Waals surface area contributed by atoms with Crippen molar-refractivity contribution in [2.24, 2.45) is 0 Å². The van der Waals surface area contributed by atoms with Gasteiger partial charge in [-0.05, 0) is 17.7 Å². The lowest BCUT2D eigenvalue weighted by Gasteiger charge is -2.05. The SMILES string of the molecule is O=C(O)c1c[nH]c(C(=O)O)c1-c1ccc2c(c1)OCO2. The molecule has 7 heteroatoms. The van der Waals surface area contributed by atoms with Crippen LogP contribution in [0.1, 0.15) is 20.8 Å². The molecule has 7 nitrogen and oxygen atoms in total. The maximum absolute atomic E-state index is 11.2. The first-order valence-electron chi connectivity index (χ1n) is 5.66. The highest BCUT2D eigenvalue weighted by Gasteiger charge is 2.24. The zero-order valence-electron chi connectivity index (χ0n) is 10.0. The third-order valence-corrected chi connectivity index (χ3v) is 2.99. The Kier molecular flexibility index (Phi) is 2.60. The van der Waals surface area contributed by atoms with Gasteiger partial charge in [0.15, 0.2) is 11.5 Å². The van der Waals surface area contributed by atoms with Crippen molar-refractivity contribution in [3.05, 3.63) is 35.7 Å². The average Bonchev–Trinajstić information content (AvgIpc) is 3.04. The number of carboxylic acids is 2. The van der Waals surface area contributed by atoms with Crippen molar-refractivity contribution in [2.75, 3.05) is 6.79 Å². The van der Waals surface area contributed by atoms with Crippen LogP contribution in [0.3, 0.4) is 0 Å². The molecule has 102 valence electrons. The summed E-state index contributed by atoms with van der Waals surface area (Å²) in [5, 5.41) is 18.3. The van der Waals surface area contributed by atoms with Gasteiger partial charge in [-0.15, -0.1) is 0 Å². The van der Waals surface area contributed by atoms with Crippen molar-refractivity contribution < 1.29 is 29.3 Å². The van der Waals surface area contributed by atoms with Crippen molar-refractivity contribution in [1.29, 1.82) is 0 Å². The number of carboxylic acid groups (broad SMARTS) is 2. The van der Waals surface area contributed by atoms with E-state index in [2.05, 4.69) is 4.98 Å². The molecule has 1 aliphatic heterocycles. The highest BCUT2D eigenvalue weighted by atomic mass is 16.7.